The maximum absolute atomic E-state index is 12.8. The fraction of sp³-hybridized carbons (Fsp3) is 0.400. The van der Waals surface area contributed by atoms with E-state index >= 15 is 0 Å². The van der Waals surface area contributed by atoms with Crippen LogP contribution in [0.1, 0.15) is 29.4 Å². The van der Waals surface area contributed by atoms with Crippen molar-refractivity contribution in [1.82, 2.24) is 4.98 Å². The minimum atomic E-state index is -3.17. The highest BCUT2D eigenvalue weighted by atomic mass is 19.3. The van der Waals surface area contributed by atoms with Crippen LogP contribution in [0.4, 0.5) is 14.6 Å². The molecule has 7 nitrogen and oxygen atoms in total. The maximum atomic E-state index is 12.8. The molecule has 0 aliphatic heterocycles. The first-order valence-corrected chi connectivity index (χ1v) is 5.10. The zero-order valence-electron chi connectivity index (χ0n) is 10.1. The Kier molecular flexibility index (Phi) is 4.67. The molecule has 0 saturated heterocycles. The largest absolute Gasteiger partial charge is 0.495 e. The van der Waals surface area contributed by atoms with Gasteiger partial charge in [-0.1, -0.05) is 0 Å². The quantitative estimate of drug-likeness (QED) is 0.464. The van der Waals surface area contributed by atoms with E-state index in [1.807, 2.05) is 0 Å². The third-order valence-electron chi connectivity index (χ3n) is 2.09. The van der Waals surface area contributed by atoms with Crippen LogP contribution in [0.2, 0.25) is 0 Å². The Hall–Kier alpha value is -2.32. The van der Waals surface area contributed by atoms with Crippen molar-refractivity contribution in [2.75, 3.05) is 13.7 Å². The van der Waals surface area contributed by atoms with Crippen LogP contribution in [0.5, 0.6) is 5.75 Å². The van der Waals surface area contributed by atoms with Gasteiger partial charge in [-0.25, -0.2) is 13.6 Å². The van der Waals surface area contributed by atoms with Crippen molar-refractivity contribution < 1.29 is 28.0 Å². The van der Waals surface area contributed by atoms with Gasteiger partial charge < -0.3 is 19.6 Å². The van der Waals surface area contributed by atoms with Crippen LogP contribution in [0.3, 0.4) is 0 Å². The zero-order chi connectivity index (χ0) is 14.6. The minimum absolute atomic E-state index is 0.0400. The van der Waals surface area contributed by atoms with E-state index in [2.05, 4.69) is 9.72 Å². The number of ether oxygens (including phenoxy) is 2. The van der Waals surface area contributed by atoms with E-state index in [0.29, 0.717) is 0 Å². The molecule has 1 aromatic heterocycles. The number of carbonyl (C=O) groups excluding carboxylic acids is 1. The van der Waals surface area contributed by atoms with Gasteiger partial charge in [0.25, 0.3) is 0 Å². The van der Waals surface area contributed by atoms with Crippen molar-refractivity contribution in [2.24, 2.45) is 0 Å². The number of nitro groups is 1. The molecule has 1 rings (SSSR count). The van der Waals surface area contributed by atoms with E-state index in [-0.39, 0.29) is 12.4 Å². The van der Waals surface area contributed by atoms with Crippen molar-refractivity contribution in [3.8, 4) is 5.75 Å². The summed E-state index contributed by atoms with van der Waals surface area (Å²) < 4.78 is 35.0. The molecule has 9 heteroatoms. The lowest BCUT2D eigenvalue weighted by Crippen LogP contribution is -2.13. The molecule has 0 atom stereocenters. The highest BCUT2D eigenvalue weighted by molar-refractivity contribution is 5.94. The van der Waals surface area contributed by atoms with Crippen LogP contribution in [-0.4, -0.2) is 29.6 Å². The maximum Gasteiger partial charge on any atom is 0.367 e. The van der Waals surface area contributed by atoms with Gasteiger partial charge in [0.2, 0.25) is 5.69 Å². The zero-order valence-corrected chi connectivity index (χ0v) is 10.1. The smallest absolute Gasteiger partial charge is 0.367 e. The summed E-state index contributed by atoms with van der Waals surface area (Å²) in [6.07, 6.45) is -3.17. The van der Waals surface area contributed by atoms with E-state index in [1.165, 1.54) is 6.92 Å². The summed E-state index contributed by atoms with van der Waals surface area (Å²) in [4.78, 5) is 24.4. The first kappa shape index (κ1) is 14.7. The summed E-state index contributed by atoms with van der Waals surface area (Å²) in [6.45, 7) is 1.45. The van der Waals surface area contributed by atoms with E-state index < -0.39 is 34.4 Å². The van der Waals surface area contributed by atoms with Gasteiger partial charge in [0.15, 0.2) is 5.56 Å². The second-order valence-electron chi connectivity index (χ2n) is 3.22. The molecule has 0 bridgehead atoms. The molecular weight excluding hydrogens is 266 g/mol. The average molecular weight is 276 g/mol. The summed E-state index contributed by atoms with van der Waals surface area (Å²) in [5, 5.41) is 10.6. The molecule has 0 fully saturated rings. The van der Waals surface area contributed by atoms with Crippen LogP contribution in [0.15, 0.2) is 6.07 Å². The summed E-state index contributed by atoms with van der Waals surface area (Å²) in [7, 11) is 1.09. The van der Waals surface area contributed by atoms with Crippen molar-refractivity contribution >= 4 is 11.8 Å². The number of rotatable bonds is 5. The molecular formula is C10H10F2N2O5. The van der Waals surface area contributed by atoms with Gasteiger partial charge in [-0.3, -0.25) is 0 Å². The number of nitrogens with zero attached hydrogens (tertiary/aromatic N) is 2. The van der Waals surface area contributed by atoms with Gasteiger partial charge in [-0.15, -0.1) is 0 Å². The van der Waals surface area contributed by atoms with Crippen LogP contribution < -0.4 is 4.74 Å². The average Bonchev–Trinajstić information content (AvgIpc) is 2.36. The minimum Gasteiger partial charge on any atom is -0.495 e. The molecule has 0 N–H and O–H groups in total. The first-order chi connectivity index (χ1) is 8.92. The number of pyridine rings is 1. The number of halogens is 2. The number of aromatic nitrogens is 1. The van der Waals surface area contributed by atoms with E-state index in [4.69, 9.17) is 4.74 Å². The van der Waals surface area contributed by atoms with E-state index in [0.717, 1.165) is 13.2 Å². The molecule has 0 aliphatic carbocycles. The van der Waals surface area contributed by atoms with Crippen molar-refractivity contribution in [3.63, 3.8) is 0 Å². The van der Waals surface area contributed by atoms with Gasteiger partial charge >= 0.3 is 18.2 Å². The first-order valence-electron chi connectivity index (χ1n) is 5.10. The van der Waals surface area contributed by atoms with Crippen LogP contribution in [0.25, 0.3) is 0 Å². The summed E-state index contributed by atoms with van der Waals surface area (Å²) in [5.74, 6) is -2.28. The third kappa shape index (κ3) is 3.12. The van der Waals surface area contributed by atoms with Crippen LogP contribution in [-0.2, 0) is 4.74 Å². The Morgan fingerprint density at radius 1 is 1.58 bits per heavy atom. The molecule has 19 heavy (non-hydrogen) atoms. The number of alkyl halides is 2. The molecule has 0 aliphatic rings. The second kappa shape index (κ2) is 6.03. The monoisotopic (exact) mass is 276 g/mol. The Bertz CT molecular complexity index is 507. The van der Waals surface area contributed by atoms with E-state index in [1.54, 1.807) is 0 Å². The number of esters is 1. The molecule has 1 heterocycles. The highest BCUT2D eigenvalue weighted by Crippen LogP contribution is 2.32. The summed E-state index contributed by atoms with van der Waals surface area (Å²) in [5.41, 5.74) is -1.64. The molecule has 0 aromatic carbocycles. The fourth-order valence-electron chi connectivity index (χ4n) is 1.35. The van der Waals surface area contributed by atoms with Crippen molar-refractivity contribution in [1.29, 1.82) is 0 Å². The van der Waals surface area contributed by atoms with Crippen LogP contribution in [0, 0.1) is 10.1 Å². The summed E-state index contributed by atoms with van der Waals surface area (Å²) >= 11 is 0. The van der Waals surface area contributed by atoms with Crippen molar-refractivity contribution in [2.45, 2.75) is 13.3 Å². The normalized spacial score (nSPS) is 10.4. The lowest BCUT2D eigenvalue weighted by molar-refractivity contribution is -0.389. The Morgan fingerprint density at radius 3 is 2.63 bits per heavy atom. The SMILES string of the molecule is CCOC(=O)c1c(OC)cc([N+](=O)[O-])nc1C(F)F. The lowest BCUT2D eigenvalue weighted by Gasteiger charge is -2.09. The predicted octanol–water partition coefficient (Wildman–Crippen LogP) is 2.11. The van der Waals surface area contributed by atoms with Crippen LogP contribution >= 0.6 is 0 Å². The number of carbonyl (C=O) groups is 1. The van der Waals surface area contributed by atoms with Gasteiger partial charge in [-0.05, 0) is 16.8 Å². The Balaban J connectivity index is 3.49. The molecule has 0 unspecified atom stereocenters. The molecule has 1 aromatic rings. The molecule has 0 radical (unpaired) electrons. The third-order valence-corrected chi connectivity index (χ3v) is 2.09. The topological polar surface area (TPSA) is 91.6 Å². The predicted molar refractivity (Wildman–Crippen MR) is 58.4 cm³/mol. The number of methoxy groups -OCH3 is 1. The molecule has 0 saturated carbocycles. The molecule has 104 valence electrons. The van der Waals surface area contributed by atoms with Crippen molar-refractivity contribution in [3.05, 3.63) is 27.4 Å². The van der Waals surface area contributed by atoms with Gasteiger partial charge in [0, 0.05) is 0 Å². The fourth-order valence-corrected chi connectivity index (χ4v) is 1.35. The molecule has 0 spiro atoms. The number of hydrogen-bond acceptors (Lipinski definition) is 6. The Morgan fingerprint density at radius 2 is 2.21 bits per heavy atom. The Labute approximate surface area is 106 Å². The highest BCUT2D eigenvalue weighted by Gasteiger charge is 2.32. The lowest BCUT2D eigenvalue weighted by atomic mass is 10.1. The van der Waals surface area contributed by atoms with Gasteiger partial charge in [-0.2, -0.15) is 0 Å². The summed E-state index contributed by atoms with van der Waals surface area (Å²) in [6, 6.07) is 0.790. The van der Waals surface area contributed by atoms with E-state index in [9.17, 15) is 23.7 Å². The van der Waals surface area contributed by atoms with Gasteiger partial charge in [0.1, 0.15) is 5.75 Å². The number of hydrogen-bond donors (Lipinski definition) is 0. The standard InChI is InChI=1S/C10H10F2N2O5/c1-3-19-10(15)7-5(18-2)4-6(14(16)17)13-8(7)9(11)12/h4,9H,3H2,1-2H3. The molecule has 0 amide bonds. The second-order valence-corrected chi connectivity index (χ2v) is 3.22. The van der Waals surface area contributed by atoms with Gasteiger partial charge in [0.05, 0.1) is 19.8 Å².